The third kappa shape index (κ3) is 3.10. The fourth-order valence-corrected chi connectivity index (χ4v) is 3.23. The van der Waals surface area contributed by atoms with Gasteiger partial charge in [-0.2, -0.15) is 0 Å². The van der Waals surface area contributed by atoms with Crippen molar-refractivity contribution < 1.29 is 14.3 Å². The highest BCUT2D eigenvalue weighted by Crippen LogP contribution is 2.28. The largest absolute Gasteiger partial charge is 0.375 e. The molecule has 2 aliphatic rings. The van der Waals surface area contributed by atoms with E-state index in [1.165, 1.54) is 0 Å². The number of ether oxygens (including phenoxy) is 1. The Hall–Kier alpha value is -1.59. The second kappa shape index (κ2) is 6.26. The summed E-state index contributed by atoms with van der Waals surface area (Å²) >= 11 is 5.98. The molecule has 2 heterocycles. The Morgan fingerprint density at radius 2 is 2.18 bits per heavy atom. The summed E-state index contributed by atoms with van der Waals surface area (Å²) in [5, 5.41) is 0.585. The van der Waals surface area contributed by atoms with Crippen molar-refractivity contribution in [3.8, 4) is 0 Å². The monoisotopic (exact) mass is 322 g/mol. The Labute approximate surface area is 134 Å². The SMILES string of the molecule is C[C@H]1CN(C(=O)[C@@H]2CC(=O)N(c3cccc(Cl)c3)C2)CCO1. The number of hydrogen-bond acceptors (Lipinski definition) is 3. The Morgan fingerprint density at radius 1 is 1.36 bits per heavy atom. The first-order chi connectivity index (χ1) is 10.5. The van der Waals surface area contributed by atoms with Crippen LogP contribution in [0.3, 0.4) is 0 Å². The third-order valence-electron chi connectivity index (χ3n) is 4.15. The predicted octanol–water partition coefficient (Wildman–Crippen LogP) is 1.94. The van der Waals surface area contributed by atoms with Crippen molar-refractivity contribution in [1.29, 1.82) is 0 Å². The van der Waals surface area contributed by atoms with Gasteiger partial charge in [0.25, 0.3) is 0 Å². The molecule has 0 aliphatic carbocycles. The van der Waals surface area contributed by atoms with Gasteiger partial charge in [-0.3, -0.25) is 9.59 Å². The summed E-state index contributed by atoms with van der Waals surface area (Å²) in [7, 11) is 0. The molecule has 2 saturated heterocycles. The minimum Gasteiger partial charge on any atom is -0.375 e. The molecule has 2 aliphatic heterocycles. The van der Waals surface area contributed by atoms with Crippen molar-refractivity contribution in [3.05, 3.63) is 29.3 Å². The zero-order valence-corrected chi connectivity index (χ0v) is 13.3. The molecule has 0 spiro atoms. The lowest BCUT2D eigenvalue weighted by atomic mass is 10.1. The molecule has 3 rings (SSSR count). The molecule has 0 unspecified atom stereocenters. The second-order valence-electron chi connectivity index (χ2n) is 5.85. The Balaban J connectivity index is 1.70. The van der Waals surface area contributed by atoms with E-state index in [1.54, 1.807) is 17.0 Å². The molecule has 5 nitrogen and oxygen atoms in total. The van der Waals surface area contributed by atoms with Crippen LogP contribution in [0.15, 0.2) is 24.3 Å². The minimum absolute atomic E-state index is 0.0260. The molecule has 6 heteroatoms. The van der Waals surface area contributed by atoms with Gasteiger partial charge in [-0.15, -0.1) is 0 Å². The van der Waals surface area contributed by atoms with E-state index in [2.05, 4.69) is 0 Å². The predicted molar refractivity (Wildman–Crippen MR) is 83.9 cm³/mol. The Morgan fingerprint density at radius 3 is 2.91 bits per heavy atom. The highest BCUT2D eigenvalue weighted by molar-refractivity contribution is 6.30. The van der Waals surface area contributed by atoms with E-state index in [1.807, 2.05) is 24.0 Å². The number of anilines is 1. The molecule has 0 N–H and O–H groups in total. The average molecular weight is 323 g/mol. The third-order valence-corrected chi connectivity index (χ3v) is 4.38. The molecule has 118 valence electrons. The van der Waals surface area contributed by atoms with E-state index in [0.29, 0.717) is 31.3 Å². The molecule has 0 radical (unpaired) electrons. The zero-order valence-electron chi connectivity index (χ0n) is 12.5. The second-order valence-corrected chi connectivity index (χ2v) is 6.29. The van der Waals surface area contributed by atoms with Gasteiger partial charge in [0.05, 0.1) is 18.6 Å². The van der Waals surface area contributed by atoms with Gasteiger partial charge >= 0.3 is 0 Å². The van der Waals surface area contributed by atoms with Gasteiger partial charge < -0.3 is 14.5 Å². The van der Waals surface area contributed by atoms with Gasteiger partial charge in [0, 0.05) is 36.8 Å². The van der Waals surface area contributed by atoms with Crippen LogP contribution in [0, 0.1) is 5.92 Å². The lowest BCUT2D eigenvalue weighted by molar-refractivity contribution is -0.142. The lowest BCUT2D eigenvalue weighted by Crippen LogP contribution is -2.47. The van der Waals surface area contributed by atoms with Crippen LogP contribution in [0.4, 0.5) is 5.69 Å². The normalized spacial score (nSPS) is 25.6. The van der Waals surface area contributed by atoms with Crippen molar-refractivity contribution in [2.75, 3.05) is 31.1 Å². The lowest BCUT2D eigenvalue weighted by Gasteiger charge is -2.32. The van der Waals surface area contributed by atoms with Crippen molar-refractivity contribution >= 4 is 29.1 Å². The smallest absolute Gasteiger partial charge is 0.228 e. The van der Waals surface area contributed by atoms with E-state index in [4.69, 9.17) is 16.3 Å². The highest BCUT2D eigenvalue weighted by atomic mass is 35.5. The fourth-order valence-electron chi connectivity index (χ4n) is 3.04. The van der Waals surface area contributed by atoms with Crippen molar-refractivity contribution in [2.45, 2.75) is 19.4 Å². The number of rotatable bonds is 2. The maximum atomic E-state index is 12.6. The maximum Gasteiger partial charge on any atom is 0.228 e. The van der Waals surface area contributed by atoms with Crippen LogP contribution in [0.2, 0.25) is 5.02 Å². The van der Waals surface area contributed by atoms with E-state index in [0.717, 1.165) is 5.69 Å². The molecule has 0 aromatic heterocycles. The van der Waals surface area contributed by atoms with Crippen molar-refractivity contribution in [3.63, 3.8) is 0 Å². The molecule has 2 atom stereocenters. The number of carbonyl (C=O) groups excluding carboxylic acids is 2. The van der Waals surface area contributed by atoms with Crippen LogP contribution >= 0.6 is 11.6 Å². The van der Waals surface area contributed by atoms with Crippen LogP contribution in [-0.4, -0.2) is 49.1 Å². The summed E-state index contributed by atoms with van der Waals surface area (Å²) in [6.45, 7) is 4.14. The van der Waals surface area contributed by atoms with E-state index >= 15 is 0 Å². The zero-order chi connectivity index (χ0) is 15.7. The summed E-state index contributed by atoms with van der Waals surface area (Å²) in [6.07, 6.45) is 0.315. The van der Waals surface area contributed by atoms with Gasteiger partial charge in [-0.1, -0.05) is 17.7 Å². The number of halogens is 1. The average Bonchev–Trinajstić information content (AvgIpc) is 2.88. The van der Waals surface area contributed by atoms with Crippen LogP contribution in [-0.2, 0) is 14.3 Å². The summed E-state index contributed by atoms with van der Waals surface area (Å²) in [4.78, 5) is 28.3. The van der Waals surface area contributed by atoms with E-state index in [9.17, 15) is 9.59 Å². The van der Waals surface area contributed by atoms with Crippen LogP contribution in [0.25, 0.3) is 0 Å². The first-order valence-corrected chi connectivity index (χ1v) is 7.88. The summed E-state index contributed by atoms with van der Waals surface area (Å²) in [5.41, 5.74) is 0.753. The first kappa shape index (κ1) is 15.3. The molecule has 0 saturated carbocycles. The van der Waals surface area contributed by atoms with Gasteiger partial charge in [0.2, 0.25) is 11.8 Å². The van der Waals surface area contributed by atoms with Crippen LogP contribution in [0.1, 0.15) is 13.3 Å². The van der Waals surface area contributed by atoms with Crippen molar-refractivity contribution in [1.82, 2.24) is 4.90 Å². The first-order valence-electron chi connectivity index (χ1n) is 7.51. The van der Waals surface area contributed by atoms with E-state index in [-0.39, 0.29) is 30.3 Å². The Kier molecular flexibility index (Phi) is 4.36. The molecule has 0 bridgehead atoms. The van der Waals surface area contributed by atoms with Gasteiger partial charge in [0.1, 0.15) is 0 Å². The number of benzene rings is 1. The fraction of sp³-hybridized carbons (Fsp3) is 0.500. The summed E-state index contributed by atoms with van der Waals surface area (Å²) in [5.74, 6) is -0.258. The number of amides is 2. The van der Waals surface area contributed by atoms with E-state index < -0.39 is 0 Å². The topological polar surface area (TPSA) is 49.9 Å². The summed E-state index contributed by atoms with van der Waals surface area (Å²) in [6, 6.07) is 7.17. The van der Waals surface area contributed by atoms with Gasteiger partial charge in [-0.05, 0) is 25.1 Å². The van der Waals surface area contributed by atoms with Gasteiger partial charge in [-0.25, -0.2) is 0 Å². The number of nitrogens with zero attached hydrogens (tertiary/aromatic N) is 2. The molecular formula is C16H19ClN2O3. The number of hydrogen-bond donors (Lipinski definition) is 0. The maximum absolute atomic E-state index is 12.6. The molecule has 1 aromatic carbocycles. The standard InChI is InChI=1S/C16H19ClN2O3/c1-11-9-18(5-6-22-11)16(21)12-7-15(20)19(10-12)14-4-2-3-13(17)8-14/h2-4,8,11-12H,5-7,9-10H2,1H3/t11-,12+/m0/s1. The number of morpholine rings is 1. The van der Waals surface area contributed by atoms with Crippen LogP contribution in [0.5, 0.6) is 0 Å². The summed E-state index contributed by atoms with van der Waals surface area (Å²) < 4.78 is 5.46. The van der Waals surface area contributed by atoms with Crippen LogP contribution < -0.4 is 4.90 Å². The van der Waals surface area contributed by atoms with Gasteiger partial charge in [0.15, 0.2) is 0 Å². The molecule has 2 fully saturated rings. The van der Waals surface area contributed by atoms with Crippen molar-refractivity contribution in [2.24, 2.45) is 5.92 Å². The molecule has 22 heavy (non-hydrogen) atoms. The Bertz CT molecular complexity index is 593. The minimum atomic E-state index is -0.281. The quantitative estimate of drug-likeness (QED) is 0.836. The molecular weight excluding hydrogens is 304 g/mol. The highest BCUT2D eigenvalue weighted by Gasteiger charge is 2.38. The molecule has 1 aromatic rings. The molecule has 2 amide bonds. The number of carbonyl (C=O) groups is 2.